The van der Waals surface area contributed by atoms with Crippen molar-refractivity contribution in [2.75, 3.05) is 12.8 Å². The number of carbonyl (C=O) groups excluding carboxylic acids is 2. The first-order valence-corrected chi connectivity index (χ1v) is 6.35. The van der Waals surface area contributed by atoms with Gasteiger partial charge >= 0.3 is 0 Å². The van der Waals surface area contributed by atoms with Gasteiger partial charge in [-0.2, -0.15) is 0 Å². The van der Waals surface area contributed by atoms with Gasteiger partial charge < -0.3 is 10.6 Å². The highest BCUT2D eigenvalue weighted by atomic mass is 32.2. The monoisotopic (exact) mass is 248 g/mol. The van der Waals surface area contributed by atoms with Crippen molar-refractivity contribution >= 4 is 29.7 Å². The summed E-state index contributed by atoms with van der Waals surface area (Å²) in [6.45, 7) is 0.0432. The molecule has 1 aromatic carbocycles. The summed E-state index contributed by atoms with van der Waals surface area (Å²) in [5, 5.41) is 5.05. The van der Waals surface area contributed by atoms with Crippen LogP contribution in [0.15, 0.2) is 34.9 Å². The number of hydrogen-bond donors (Lipinski definition) is 2. The van der Waals surface area contributed by atoms with Crippen molar-refractivity contribution in [2.45, 2.75) is 4.90 Å². The molecule has 0 bridgehead atoms. The zero-order chi connectivity index (χ0) is 12.3. The molecule has 4 nitrogen and oxygen atoms in total. The second kappa shape index (κ2) is 5.05. The zero-order valence-corrected chi connectivity index (χ0v) is 10.1. The van der Waals surface area contributed by atoms with Gasteiger partial charge in [-0.25, -0.2) is 0 Å². The van der Waals surface area contributed by atoms with Crippen molar-refractivity contribution in [2.24, 2.45) is 0 Å². The van der Waals surface area contributed by atoms with E-state index < -0.39 is 0 Å². The fourth-order valence-corrected chi connectivity index (χ4v) is 1.88. The van der Waals surface area contributed by atoms with Crippen molar-refractivity contribution in [3.05, 3.63) is 35.5 Å². The largest absolute Gasteiger partial charge is 0.342 e. The molecule has 17 heavy (non-hydrogen) atoms. The minimum atomic E-state index is -0.251. The van der Waals surface area contributed by atoms with E-state index in [0.29, 0.717) is 0 Å². The number of rotatable bonds is 2. The van der Waals surface area contributed by atoms with Crippen LogP contribution in [-0.2, 0) is 9.59 Å². The molecule has 2 N–H and O–H groups in total. The van der Waals surface area contributed by atoms with Crippen molar-refractivity contribution in [1.29, 1.82) is 0 Å². The van der Waals surface area contributed by atoms with E-state index >= 15 is 0 Å². The molecule has 1 saturated heterocycles. The number of amides is 2. The maximum Gasteiger partial charge on any atom is 0.268 e. The van der Waals surface area contributed by atoms with Crippen LogP contribution in [0.3, 0.4) is 0 Å². The van der Waals surface area contributed by atoms with Gasteiger partial charge in [-0.3, -0.25) is 9.59 Å². The van der Waals surface area contributed by atoms with Crippen molar-refractivity contribution in [3.8, 4) is 0 Å². The fourth-order valence-electron chi connectivity index (χ4n) is 1.48. The Morgan fingerprint density at radius 3 is 2.59 bits per heavy atom. The third-order valence-corrected chi connectivity index (χ3v) is 3.10. The predicted molar refractivity (Wildman–Crippen MR) is 67.4 cm³/mol. The highest BCUT2D eigenvalue weighted by molar-refractivity contribution is 7.98. The Labute approximate surface area is 103 Å². The Balaban J connectivity index is 2.21. The van der Waals surface area contributed by atoms with Gasteiger partial charge in [-0.05, 0) is 30.0 Å². The Bertz CT molecular complexity index is 480. The number of carbonyl (C=O) groups is 2. The summed E-state index contributed by atoms with van der Waals surface area (Å²) in [6.07, 6.45) is 3.67. The number of hydrogen-bond acceptors (Lipinski definition) is 3. The normalized spacial score (nSPS) is 17.8. The van der Waals surface area contributed by atoms with E-state index in [4.69, 9.17) is 0 Å². The molecule has 88 valence electrons. The van der Waals surface area contributed by atoms with Crippen molar-refractivity contribution < 1.29 is 9.59 Å². The lowest BCUT2D eigenvalue weighted by molar-refractivity contribution is -0.127. The SMILES string of the molecule is CSc1ccc(C=C2NC(=O)CNC2=O)cc1. The topological polar surface area (TPSA) is 58.2 Å². The lowest BCUT2D eigenvalue weighted by atomic mass is 10.1. The molecule has 0 atom stereocenters. The summed E-state index contributed by atoms with van der Waals surface area (Å²) in [4.78, 5) is 23.8. The maximum absolute atomic E-state index is 11.5. The zero-order valence-electron chi connectivity index (χ0n) is 9.32. The Kier molecular flexibility index (Phi) is 3.49. The van der Waals surface area contributed by atoms with Crippen LogP contribution in [0, 0.1) is 0 Å². The van der Waals surface area contributed by atoms with E-state index in [1.807, 2.05) is 30.5 Å². The quantitative estimate of drug-likeness (QED) is 0.606. The fraction of sp³-hybridized carbons (Fsp3) is 0.167. The molecule has 0 saturated carbocycles. The van der Waals surface area contributed by atoms with Crippen LogP contribution in [-0.4, -0.2) is 24.6 Å². The van der Waals surface area contributed by atoms with Crippen LogP contribution < -0.4 is 10.6 Å². The molecule has 0 aromatic heterocycles. The van der Waals surface area contributed by atoms with E-state index in [2.05, 4.69) is 10.6 Å². The molecule has 1 heterocycles. The minimum absolute atomic E-state index is 0.0432. The smallest absolute Gasteiger partial charge is 0.268 e. The van der Waals surface area contributed by atoms with E-state index in [0.717, 1.165) is 10.5 Å². The highest BCUT2D eigenvalue weighted by Crippen LogP contribution is 2.16. The summed E-state index contributed by atoms with van der Waals surface area (Å²) < 4.78 is 0. The Morgan fingerprint density at radius 2 is 1.94 bits per heavy atom. The van der Waals surface area contributed by atoms with E-state index in [9.17, 15) is 9.59 Å². The van der Waals surface area contributed by atoms with Crippen LogP contribution >= 0.6 is 11.8 Å². The summed E-state index contributed by atoms with van der Waals surface area (Å²) >= 11 is 1.65. The van der Waals surface area contributed by atoms with Gasteiger partial charge in [0.1, 0.15) is 5.70 Å². The standard InChI is InChI=1S/C12H12N2O2S/c1-17-9-4-2-8(3-5-9)6-10-12(16)13-7-11(15)14-10/h2-6H,7H2,1H3,(H,13,16)(H,14,15). The third-order valence-electron chi connectivity index (χ3n) is 2.36. The first kappa shape index (κ1) is 11.7. The molecule has 0 unspecified atom stereocenters. The van der Waals surface area contributed by atoms with Gasteiger partial charge in [-0.1, -0.05) is 12.1 Å². The predicted octanol–water partition coefficient (Wildman–Crippen LogP) is 0.995. The first-order chi connectivity index (χ1) is 8.19. The maximum atomic E-state index is 11.5. The van der Waals surface area contributed by atoms with Crippen LogP contribution in [0.25, 0.3) is 6.08 Å². The Morgan fingerprint density at radius 1 is 1.24 bits per heavy atom. The molecule has 5 heteroatoms. The van der Waals surface area contributed by atoms with E-state index in [1.54, 1.807) is 17.8 Å². The third kappa shape index (κ3) is 2.88. The molecule has 1 aromatic rings. The number of benzene rings is 1. The highest BCUT2D eigenvalue weighted by Gasteiger charge is 2.18. The van der Waals surface area contributed by atoms with Crippen LogP contribution in [0.5, 0.6) is 0 Å². The summed E-state index contributed by atoms with van der Waals surface area (Å²) in [6, 6.07) is 7.76. The molecule has 1 aliphatic heterocycles. The molecule has 1 aliphatic rings. The van der Waals surface area contributed by atoms with Crippen molar-refractivity contribution in [1.82, 2.24) is 10.6 Å². The van der Waals surface area contributed by atoms with Gasteiger partial charge in [0.2, 0.25) is 5.91 Å². The van der Waals surface area contributed by atoms with Crippen LogP contribution in [0.2, 0.25) is 0 Å². The summed E-state index contributed by atoms with van der Waals surface area (Å²) in [7, 11) is 0. The average molecular weight is 248 g/mol. The average Bonchev–Trinajstić information content (AvgIpc) is 2.35. The lowest BCUT2D eigenvalue weighted by Gasteiger charge is -2.15. The lowest BCUT2D eigenvalue weighted by Crippen LogP contribution is -2.46. The number of nitrogens with one attached hydrogen (secondary N) is 2. The van der Waals surface area contributed by atoms with Gasteiger partial charge in [-0.15, -0.1) is 11.8 Å². The van der Waals surface area contributed by atoms with Gasteiger partial charge in [0.15, 0.2) is 0 Å². The molecular formula is C12H12N2O2S. The molecule has 1 fully saturated rings. The molecule has 0 aliphatic carbocycles. The van der Waals surface area contributed by atoms with E-state index in [-0.39, 0.29) is 24.1 Å². The molecule has 0 radical (unpaired) electrons. The van der Waals surface area contributed by atoms with E-state index in [1.165, 1.54) is 0 Å². The van der Waals surface area contributed by atoms with Crippen LogP contribution in [0.1, 0.15) is 5.56 Å². The molecular weight excluding hydrogens is 236 g/mol. The second-order valence-electron chi connectivity index (χ2n) is 3.56. The molecule has 2 rings (SSSR count). The molecule has 2 amide bonds. The summed E-state index contributed by atoms with van der Waals surface area (Å²) in [5.41, 5.74) is 1.17. The van der Waals surface area contributed by atoms with Gasteiger partial charge in [0.25, 0.3) is 5.91 Å². The number of piperazine rings is 1. The van der Waals surface area contributed by atoms with Gasteiger partial charge in [0.05, 0.1) is 6.54 Å². The Hall–Kier alpha value is -1.75. The summed E-state index contributed by atoms with van der Waals surface area (Å²) in [5.74, 6) is -0.449. The second-order valence-corrected chi connectivity index (χ2v) is 4.44. The first-order valence-electron chi connectivity index (χ1n) is 5.13. The number of thioether (sulfide) groups is 1. The minimum Gasteiger partial charge on any atom is -0.342 e. The van der Waals surface area contributed by atoms with Crippen molar-refractivity contribution in [3.63, 3.8) is 0 Å². The van der Waals surface area contributed by atoms with Gasteiger partial charge in [0, 0.05) is 4.90 Å². The molecule has 0 spiro atoms. The van der Waals surface area contributed by atoms with Crippen LogP contribution in [0.4, 0.5) is 0 Å².